The zero-order valence-corrected chi connectivity index (χ0v) is 8.96. The van der Waals surface area contributed by atoms with E-state index in [1.54, 1.807) is 4.90 Å². The van der Waals surface area contributed by atoms with Crippen molar-refractivity contribution in [3.8, 4) is 0 Å². The summed E-state index contributed by atoms with van der Waals surface area (Å²) in [7, 11) is -3.39. The fraction of sp³-hybridized carbons (Fsp3) is 0.857. The molecule has 1 heterocycles. The van der Waals surface area contributed by atoms with Crippen LogP contribution in [0.15, 0.2) is 4.40 Å². The third kappa shape index (κ3) is 3.15. The van der Waals surface area contributed by atoms with Gasteiger partial charge in [0.05, 0.1) is 19.0 Å². The zero-order chi connectivity index (χ0) is 10.6. The number of hydrogen-bond acceptors (Lipinski definition) is 3. The van der Waals surface area contributed by atoms with Crippen LogP contribution in [0.3, 0.4) is 0 Å². The molecule has 0 aliphatic carbocycles. The van der Waals surface area contributed by atoms with Gasteiger partial charge in [0.1, 0.15) is 0 Å². The first-order valence-electron chi connectivity index (χ1n) is 4.46. The van der Waals surface area contributed by atoms with Crippen molar-refractivity contribution in [2.45, 2.75) is 6.92 Å². The molecule has 82 valence electrons. The van der Waals surface area contributed by atoms with E-state index in [1.807, 2.05) is 0 Å². The highest BCUT2D eigenvalue weighted by Crippen LogP contribution is 1.99. The quantitative estimate of drug-likeness (QED) is 0.476. The highest BCUT2D eigenvalue weighted by molar-refractivity contribution is 7.90. The predicted octanol–water partition coefficient (Wildman–Crippen LogP) is -1.02. The van der Waals surface area contributed by atoms with Gasteiger partial charge in [-0.15, -0.1) is 4.40 Å². The number of guanidine groups is 1. The van der Waals surface area contributed by atoms with Gasteiger partial charge < -0.3 is 15.4 Å². The van der Waals surface area contributed by atoms with E-state index in [-0.39, 0.29) is 11.7 Å². The first kappa shape index (κ1) is 11.3. The van der Waals surface area contributed by atoms with E-state index in [0.717, 1.165) is 0 Å². The molecular formula is C7H15N3O3S. The molecule has 0 amide bonds. The van der Waals surface area contributed by atoms with Gasteiger partial charge in [-0.1, -0.05) is 0 Å². The monoisotopic (exact) mass is 221 g/mol. The Balaban J connectivity index is 2.67. The van der Waals surface area contributed by atoms with Gasteiger partial charge in [-0.25, -0.2) is 8.42 Å². The molecule has 14 heavy (non-hydrogen) atoms. The van der Waals surface area contributed by atoms with Gasteiger partial charge in [-0.05, 0) is 6.92 Å². The number of nitrogens with zero attached hydrogens (tertiary/aromatic N) is 2. The number of sulfonamides is 1. The van der Waals surface area contributed by atoms with E-state index in [9.17, 15) is 8.42 Å². The van der Waals surface area contributed by atoms with Crippen molar-refractivity contribution in [3.63, 3.8) is 0 Å². The molecule has 0 radical (unpaired) electrons. The van der Waals surface area contributed by atoms with E-state index in [1.165, 1.54) is 6.92 Å². The summed E-state index contributed by atoms with van der Waals surface area (Å²) in [6.07, 6.45) is 0. The smallest absolute Gasteiger partial charge is 0.256 e. The maximum Gasteiger partial charge on any atom is 0.256 e. The standard InChI is InChI=1S/C7H15N3O3S/c1-2-14(11,12)9-7(8)10-3-5-13-6-4-10/h2-6H2,1H3,(H2,8,9). The van der Waals surface area contributed by atoms with Gasteiger partial charge in [-0.2, -0.15) is 0 Å². The lowest BCUT2D eigenvalue weighted by atomic mass is 10.4. The molecule has 0 atom stereocenters. The number of morpholine rings is 1. The summed E-state index contributed by atoms with van der Waals surface area (Å²) in [6.45, 7) is 3.83. The highest BCUT2D eigenvalue weighted by Gasteiger charge is 2.14. The summed E-state index contributed by atoms with van der Waals surface area (Å²) in [4.78, 5) is 1.71. The van der Waals surface area contributed by atoms with Crippen LogP contribution < -0.4 is 5.73 Å². The van der Waals surface area contributed by atoms with Crippen LogP contribution in [0.1, 0.15) is 6.92 Å². The van der Waals surface area contributed by atoms with Crippen molar-refractivity contribution in [1.29, 1.82) is 0 Å². The molecular weight excluding hydrogens is 206 g/mol. The average molecular weight is 221 g/mol. The normalized spacial score (nSPS) is 19.8. The van der Waals surface area contributed by atoms with E-state index in [4.69, 9.17) is 10.5 Å². The largest absolute Gasteiger partial charge is 0.378 e. The molecule has 1 saturated heterocycles. The third-order valence-electron chi connectivity index (χ3n) is 1.93. The molecule has 0 aromatic rings. The van der Waals surface area contributed by atoms with Crippen LogP contribution in [0, 0.1) is 0 Å². The summed E-state index contributed by atoms with van der Waals surface area (Å²) < 4.78 is 30.8. The number of hydrogen-bond donors (Lipinski definition) is 1. The Morgan fingerprint density at radius 2 is 2.07 bits per heavy atom. The van der Waals surface area contributed by atoms with Crippen molar-refractivity contribution in [1.82, 2.24) is 4.90 Å². The van der Waals surface area contributed by atoms with Gasteiger partial charge >= 0.3 is 0 Å². The van der Waals surface area contributed by atoms with Crippen molar-refractivity contribution in [2.24, 2.45) is 10.1 Å². The Morgan fingerprint density at radius 1 is 1.50 bits per heavy atom. The highest BCUT2D eigenvalue weighted by atomic mass is 32.2. The second kappa shape index (κ2) is 4.61. The zero-order valence-electron chi connectivity index (χ0n) is 8.14. The second-order valence-electron chi connectivity index (χ2n) is 2.92. The van der Waals surface area contributed by atoms with E-state index in [2.05, 4.69) is 4.40 Å². The molecule has 0 bridgehead atoms. The lowest BCUT2D eigenvalue weighted by Gasteiger charge is -2.27. The molecule has 0 unspecified atom stereocenters. The molecule has 0 aromatic carbocycles. The number of nitrogens with two attached hydrogens (primary N) is 1. The maximum atomic E-state index is 11.1. The van der Waals surface area contributed by atoms with Crippen LogP contribution in [0.4, 0.5) is 0 Å². The Hall–Kier alpha value is -0.820. The fourth-order valence-corrected chi connectivity index (χ4v) is 1.59. The third-order valence-corrected chi connectivity index (χ3v) is 3.13. The van der Waals surface area contributed by atoms with Crippen LogP contribution in [-0.2, 0) is 14.8 Å². The predicted molar refractivity (Wildman–Crippen MR) is 53.5 cm³/mol. The molecule has 0 saturated carbocycles. The van der Waals surface area contributed by atoms with Crippen molar-refractivity contribution in [3.05, 3.63) is 0 Å². The number of ether oxygens (including phenoxy) is 1. The Bertz CT molecular complexity index is 306. The summed E-state index contributed by atoms with van der Waals surface area (Å²) in [6, 6.07) is 0. The second-order valence-corrected chi connectivity index (χ2v) is 4.84. The molecule has 1 rings (SSSR count). The topological polar surface area (TPSA) is 85.0 Å². The summed E-state index contributed by atoms with van der Waals surface area (Å²) in [5.74, 6) is 0.0352. The molecule has 6 nitrogen and oxygen atoms in total. The average Bonchev–Trinajstić information content (AvgIpc) is 2.19. The lowest BCUT2D eigenvalue weighted by molar-refractivity contribution is 0.0676. The van der Waals surface area contributed by atoms with Crippen LogP contribution >= 0.6 is 0 Å². The van der Waals surface area contributed by atoms with Crippen molar-refractivity contribution < 1.29 is 13.2 Å². The van der Waals surface area contributed by atoms with Gasteiger partial charge in [0.2, 0.25) is 5.96 Å². The Kier molecular flexibility index (Phi) is 3.70. The van der Waals surface area contributed by atoms with Gasteiger partial charge in [0, 0.05) is 13.1 Å². The SMILES string of the molecule is CCS(=O)(=O)N=C(N)N1CCOCC1. The van der Waals surface area contributed by atoms with Gasteiger partial charge in [-0.3, -0.25) is 0 Å². The minimum atomic E-state index is -3.39. The minimum Gasteiger partial charge on any atom is -0.378 e. The molecule has 7 heteroatoms. The minimum absolute atomic E-state index is 0.0297. The maximum absolute atomic E-state index is 11.1. The van der Waals surface area contributed by atoms with Crippen LogP contribution in [-0.4, -0.2) is 51.3 Å². The van der Waals surface area contributed by atoms with E-state index in [0.29, 0.717) is 26.3 Å². The molecule has 2 N–H and O–H groups in total. The van der Waals surface area contributed by atoms with E-state index >= 15 is 0 Å². The summed E-state index contributed by atoms with van der Waals surface area (Å²) in [5, 5.41) is 0. The molecule has 1 fully saturated rings. The van der Waals surface area contributed by atoms with Crippen LogP contribution in [0.25, 0.3) is 0 Å². The number of rotatable bonds is 2. The Morgan fingerprint density at radius 3 is 2.57 bits per heavy atom. The van der Waals surface area contributed by atoms with Crippen molar-refractivity contribution >= 4 is 16.0 Å². The summed E-state index contributed by atoms with van der Waals surface area (Å²) >= 11 is 0. The van der Waals surface area contributed by atoms with Crippen LogP contribution in [0.2, 0.25) is 0 Å². The summed E-state index contributed by atoms with van der Waals surface area (Å²) in [5.41, 5.74) is 5.55. The van der Waals surface area contributed by atoms with Crippen molar-refractivity contribution in [2.75, 3.05) is 32.1 Å². The van der Waals surface area contributed by atoms with Gasteiger partial charge in [0.25, 0.3) is 10.0 Å². The lowest BCUT2D eigenvalue weighted by Crippen LogP contribution is -2.45. The van der Waals surface area contributed by atoms with Gasteiger partial charge in [0.15, 0.2) is 0 Å². The first-order chi connectivity index (χ1) is 6.55. The molecule has 0 aromatic heterocycles. The Labute approximate surface area is 83.8 Å². The van der Waals surface area contributed by atoms with E-state index < -0.39 is 10.0 Å². The molecule has 1 aliphatic heterocycles. The molecule has 1 aliphatic rings. The fourth-order valence-electron chi connectivity index (χ4n) is 1.06. The molecule has 0 spiro atoms. The first-order valence-corrected chi connectivity index (χ1v) is 6.07. The van der Waals surface area contributed by atoms with Crippen LogP contribution in [0.5, 0.6) is 0 Å².